The van der Waals surface area contributed by atoms with Crippen molar-refractivity contribution in [2.24, 2.45) is 0 Å². The molecule has 0 heterocycles. The van der Waals surface area contributed by atoms with Crippen LogP contribution in [-0.2, 0) is 0 Å². The molecule has 170 valence electrons. The van der Waals surface area contributed by atoms with Crippen molar-refractivity contribution in [2.45, 2.75) is 38.9 Å². The van der Waals surface area contributed by atoms with E-state index in [0.29, 0.717) is 0 Å². The van der Waals surface area contributed by atoms with Gasteiger partial charge in [-0.05, 0) is 27.7 Å². The van der Waals surface area contributed by atoms with Crippen LogP contribution in [0.1, 0.15) is 38.8 Å². The van der Waals surface area contributed by atoms with Gasteiger partial charge in [0, 0.05) is 0 Å². The Kier molecular flexibility index (Phi) is 6.65. The Morgan fingerprint density at radius 3 is 0.875 bits per heavy atom. The van der Waals surface area contributed by atoms with Crippen LogP contribution < -0.4 is 0 Å². The van der Waals surface area contributed by atoms with E-state index >= 15 is 0 Å². The molecule has 2 aromatic carbocycles. The molecule has 0 saturated carbocycles. The Hall–Kier alpha value is -3.08. The van der Waals surface area contributed by atoms with Crippen molar-refractivity contribution in [1.29, 1.82) is 0 Å². The van der Waals surface area contributed by atoms with Crippen LogP contribution >= 0.6 is 0 Å². The Morgan fingerprint density at radius 2 is 0.688 bits per heavy atom. The van der Waals surface area contributed by atoms with E-state index in [1.807, 2.05) is 11.8 Å². The predicted molar refractivity (Wildman–Crippen MR) is 97.9 cm³/mol. The molecule has 2 rings (SSSR count). The predicted octanol–water partition coefficient (Wildman–Crippen LogP) is 4.71. The number of hydrogen-bond acceptors (Lipinski definition) is 2. The quantitative estimate of drug-likeness (QED) is 0.366. The molecule has 0 amide bonds. The van der Waals surface area contributed by atoms with Crippen LogP contribution in [0.5, 0.6) is 0 Å². The Morgan fingerprint density at radius 1 is 0.469 bits per heavy atom. The van der Waals surface area contributed by atoms with Crippen LogP contribution in [0.3, 0.4) is 0 Å². The molecule has 0 aliphatic heterocycles. The first-order valence-electron chi connectivity index (χ1n) is 8.71. The molecule has 0 radical (unpaired) electrons. The summed E-state index contributed by atoms with van der Waals surface area (Å²) in [5.41, 5.74) is -10.8. The van der Waals surface area contributed by atoms with Gasteiger partial charge in [0.2, 0.25) is 0 Å². The van der Waals surface area contributed by atoms with E-state index in [-0.39, 0.29) is 0 Å². The second-order valence-corrected chi connectivity index (χ2v) is 7.63. The topological polar surface area (TPSA) is 40.5 Å². The lowest BCUT2D eigenvalue weighted by Gasteiger charge is -2.14. The van der Waals surface area contributed by atoms with Gasteiger partial charge in [-0.25, -0.2) is 35.1 Å². The van der Waals surface area contributed by atoms with Gasteiger partial charge in [0.25, 0.3) is 0 Å². The molecule has 2 nitrogen and oxygen atoms in total. The number of rotatable bonds is 1. The van der Waals surface area contributed by atoms with Crippen molar-refractivity contribution in [2.75, 3.05) is 0 Å². The maximum absolute atomic E-state index is 14.5. The minimum absolute atomic E-state index is 1.09. The monoisotopic (exact) mass is 462 g/mol. The lowest BCUT2D eigenvalue weighted by molar-refractivity contribution is 0.143. The lowest BCUT2D eigenvalue weighted by atomic mass is 9.97. The van der Waals surface area contributed by atoms with Crippen molar-refractivity contribution in [3.05, 3.63) is 57.7 Å². The first kappa shape index (κ1) is 25.2. The molecule has 10 heteroatoms. The second kappa shape index (κ2) is 8.45. The molecule has 0 aliphatic carbocycles. The molecule has 2 aromatic rings. The van der Waals surface area contributed by atoms with Gasteiger partial charge in [0.15, 0.2) is 46.5 Å². The fourth-order valence-electron chi connectivity index (χ4n) is 2.35. The molecule has 0 unspecified atom stereocenters. The zero-order valence-electron chi connectivity index (χ0n) is 16.9. The summed E-state index contributed by atoms with van der Waals surface area (Å²) in [4.78, 5) is 0. The van der Waals surface area contributed by atoms with Gasteiger partial charge in [-0.1, -0.05) is 23.7 Å². The average Bonchev–Trinajstić information content (AvgIpc) is 2.65. The standard InChI is InChI=1S/C22H14F8O2/c1-21(2,31)7-5-9-13(23)17(27)11(18(28)14(9)24)12-19(29)15(25)10(16(26)20(12)30)6-8-22(3,4)32/h31-32H,1-4H3. The van der Waals surface area contributed by atoms with Gasteiger partial charge in [-0.2, -0.15) is 0 Å². The highest BCUT2D eigenvalue weighted by Crippen LogP contribution is 2.37. The third-order valence-electron chi connectivity index (χ3n) is 3.76. The molecule has 0 saturated heterocycles. The van der Waals surface area contributed by atoms with Crippen LogP contribution in [0.15, 0.2) is 0 Å². The molecule has 0 spiro atoms. The lowest BCUT2D eigenvalue weighted by Crippen LogP contribution is -2.15. The largest absolute Gasteiger partial charge is 0.378 e. The first-order valence-corrected chi connectivity index (χ1v) is 8.71. The van der Waals surface area contributed by atoms with Crippen LogP contribution in [-0.4, -0.2) is 21.4 Å². The normalized spacial score (nSPS) is 11.6. The number of benzene rings is 2. The molecule has 2 N–H and O–H groups in total. The van der Waals surface area contributed by atoms with E-state index in [2.05, 4.69) is 0 Å². The summed E-state index contributed by atoms with van der Waals surface area (Å²) >= 11 is 0. The summed E-state index contributed by atoms with van der Waals surface area (Å²) in [6.45, 7) is 4.37. The minimum Gasteiger partial charge on any atom is -0.378 e. The van der Waals surface area contributed by atoms with Gasteiger partial charge in [-0.3, -0.25) is 0 Å². The van der Waals surface area contributed by atoms with Gasteiger partial charge >= 0.3 is 0 Å². The van der Waals surface area contributed by atoms with Crippen molar-refractivity contribution in [1.82, 2.24) is 0 Å². The summed E-state index contributed by atoms with van der Waals surface area (Å²) in [6.07, 6.45) is 0. The number of hydrogen-bond donors (Lipinski definition) is 2. The van der Waals surface area contributed by atoms with Crippen LogP contribution in [0.2, 0.25) is 0 Å². The third kappa shape index (κ3) is 4.87. The SMILES string of the molecule is CC(C)(O)C#Cc1c(F)c(F)c(-c2c(F)c(F)c(C#CC(C)(C)O)c(F)c2F)c(F)c1F. The van der Waals surface area contributed by atoms with Gasteiger partial charge in [0.05, 0.1) is 11.1 Å². The van der Waals surface area contributed by atoms with Gasteiger partial charge in [-0.15, -0.1) is 0 Å². The van der Waals surface area contributed by atoms with E-state index in [9.17, 15) is 45.3 Å². The van der Waals surface area contributed by atoms with Crippen LogP contribution in [0.25, 0.3) is 11.1 Å². The van der Waals surface area contributed by atoms with Crippen molar-refractivity contribution in [3.63, 3.8) is 0 Å². The van der Waals surface area contributed by atoms with Gasteiger partial charge in [0.1, 0.15) is 22.3 Å². The Balaban J connectivity index is 2.90. The molecule has 0 fully saturated rings. The van der Waals surface area contributed by atoms with E-state index in [0.717, 1.165) is 27.7 Å². The summed E-state index contributed by atoms with van der Waals surface area (Å²) in [6, 6.07) is 0. The molecule has 0 bridgehead atoms. The fraction of sp³-hybridized carbons (Fsp3) is 0.273. The molecular weight excluding hydrogens is 448 g/mol. The van der Waals surface area contributed by atoms with E-state index in [1.54, 1.807) is 11.8 Å². The van der Waals surface area contributed by atoms with Gasteiger partial charge < -0.3 is 10.2 Å². The Labute approximate surface area is 177 Å². The second-order valence-electron chi connectivity index (χ2n) is 7.63. The smallest absolute Gasteiger partial charge is 0.178 e. The summed E-state index contributed by atoms with van der Waals surface area (Å²) < 4.78 is 115. The molecule has 0 aromatic heterocycles. The summed E-state index contributed by atoms with van der Waals surface area (Å²) in [5.74, 6) is -11.2. The highest BCUT2D eigenvalue weighted by atomic mass is 19.2. The molecule has 0 atom stereocenters. The Bertz CT molecular complexity index is 1070. The minimum atomic E-state index is -2.38. The van der Waals surface area contributed by atoms with Crippen molar-refractivity contribution >= 4 is 0 Å². The summed E-state index contributed by atoms with van der Waals surface area (Å²) in [7, 11) is 0. The highest BCUT2D eigenvalue weighted by Gasteiger charge is 2.33. The number of halogens is 8. The maximum atomic E-state index is 14.5. The average molecular weight is 462 g/mol. The number of aliphatic hydroxyl groups is 2. The van der Waals surface area contributed by atoms with Crippen molar-refractivity contribution in [3.8, 4) is 34.8 Å². The maximum Gasteiger partial charge on any atom is 0.178 e. The van der Waals surface area contributed by atoms with Crippen LogP contribution in [0, 0.1) is 70.2 Å². The van der Waals surface area contributed by atoms with Crippen molar-refractivity contribution < 1.29 is 45.3 Å². The third-order valence-corrected chi connectivity index (χ3v) is 3.76. The summed E-state index contributed by atoms with van der Waals surface area (Å²) in [5, 5.41) is 18.9. The van der Waals surface area contributed by atoms with E-state index in [4.69, 9.17) is 0 Å². The molecular formula is C22H14F8O2. The van der Waals surface area contributed by atoms with E-state index in [1.165, 1.54) is 0 Å². The molecule has 0 aliphatic rings. The highest BCUT2D eigenvalue weighted by molar-refractivity contribution is 5.69. The van der Waals surface area contributed by atoms with E-state index < -0.39 is 80.0 Å². The zero-order chi connectivity index (χ0) is 24.8. The molecule has 32 heavy (non-hydrogen) atoms. The zero-order valence-corrected chi connectivity index (χ0v) is 16.9. The first-order chi connectivity index (χ1) is 14.5. The fourth-order valence-corrected chi connectivity index (χ4v) is 2.35. The van der Waals surface area contributed by atoms with Crippen LogP contribution in [0.4, 0.5) is 35.1 Å².